The monoisotopic (exact) mass is 254 g/mol. The molecule has 2 atom stereocenters. The van der Waals surface area contributed by atoms with E-state index in [1.165, 1.54) is 6.42 Å². The number of carbonyl (C=O) groups is 1. The Bertz CT molecular complexity index is 267. The number of nitrogens with one attached hydrogen (secondary N) is 1. The number of amides is 1. The minimum atomic E-state index is -0.0845. The number of ether oxygens (including phenoxy) is 1. The molecule has 1 rings (SSSR count). The molecule has 2 unspecified atom stereocenters. The first-order chi connectivity index (χ1) is 8.74. The van der Waals surface area contributed by atoms with Gasteiger partial charge >= 0.3 is 0 Å². The molecule has 0 spiro atoms. The van der Waals surface area contributed by atoms with Crippen LogP contribution >= 0.6 is 0 Å². The van der Waals surface area contributed by atoms with Gasteiger partial charge in [0, 0.05) is 19.6 Å². The Kier molecular flexibility index (Phi) is 7.69. The second-order valence-electron chi connectivity index (χ2n) is 5.13. The quantitative estimate of drug-likeness (QED) is 0.229. The Hall–Kier alpha value is -0.870. The third kappa shape index (κ3) is 6.17. The molecule has 18 heavy (non-hydrogen) atoms. The molecule has 1 aliphatic carbocycles. The lowest BCUT2D eigenvalue weighted by atomic mass is 9.85. The average molecular weight is 254 g/mol. The summed E-state index contributed by atoms with van der Waals surface area (Å²) in [5.41, 5.74) is 2.14. The fourth-order valence-corrected chi connectivity index (χ4v) is 2.21. The number of hydrogen-bond acceptors (Lipinski definition) is 3. The third-order valence-electron chi connectivity index (χ3n) is 3.60. The van der Waals surface area contributed by atoms with Crippen LogP contribution in [0.25, 0.3) is 0 Å². The summed E-state index contributed by atoms with van der Waals surface area (Å²) in [6.07, 6.45) is 10.3. The number of unbranched alkanes of at least 4 members (excludes halogenated alkanes) is 2. The van der Waals surface area contributed by atoms with Crippen LogP contribution in [0.5, 0.6) is 0 Å². The van der Waals surface area contributed by atoms with Crippen molar-refractivity contribution in [1.29, 1.82) is 0 Å². The van der Waals surface area contributed by atoms with E-state index in [1.54, 1.807) is 0 Å². The smallest absolute Gasteiger partial charge is 0.233 e. The fraction of sp³-hybridized carbons (Fsp3) is 0.786. The minimum Gasteiger partial charge on any atom is -0.381 e. The number of hydrazine groups is 1. The van der Waals surface area contributed by atoms with Crippen molar-refractivity contribution in [2.75, 3.05) is 13.2 Å². The highest BCUT2D eigenvalue weighted by Crippen LogP contribution is 2.25. The molecule has 0 saturated heterocycles. The third-order valence-corrected chi connectivity index (χ3v) is 3.60. The molecule has 0 fully saturated rings. The molecular formula is C14H26N2O2. The summed E-state index contributed by atoms with van der Waals surface area (Å²) in [5, 5.41) is 0. The number of hydrogen-bond donors (Lipinski definition) is 2. The lowest BCUT2D eigenvalue weighted by Crippen LogP contribution is -2.29. The highest BCUT2D eigenvalue weighted by atomic mass is 16.5. The predicted molar refractivity (Wildman–Crippen MR) is 72.6 cm³/mol. The van der Waals surface area contributed by atoms with Crippen molar-refractivity contribution < 1.29 is 9.53 Å². The van der Waals surface area contributed by atoms with Crippen molar-refractivity contribution in [3.05, 3.63) is 12.2 Å². The molecule has 0 saturated carbocycles. The van der Waals surface area contributed by atoms with Gasteiger partial charge in [0.25, 0.3) is 0 Å². The summed E-state index contributed by atoms with van der Waals surface area (Å²) in [4.78, 5) is 10.9. The van der Waals surface area contributed by atoms with Gasteiger partial charge in [-0.1, -0.05) is 25.5 Å². The zero-order valence-corrected chi connectivity index (χ0v) is 11.4. The molecule has 0 radical (unpaired) electrons. The van der Waals surface area contributed by atoms with E-state index in [9.17, 15) is 4.79 Å². The van der Waals surface area contributed by atoms with Crippen molar-refractivity contribution in [3.8, 4) is 0 Å². The zero-order valence-electron chi connectivity index (χ0n) is 11.4. The van der Waals surface area contributed by atoms with Crippen LogP contribution in [0.2, 0.25) is 0 Å². The molecule has 4 heteroatoms. The lowest BCUT2D eigenvalue weighted by Gasteiger charge is -2.24. The SMILES string of the molecule is CC1CC=CCC1COCCCCCC(=O)NN. The zero-order chi connectivity index (χ0) is 13.2. The molecule has 104 valence electrons. The van der Waals surface area contributed by atoms with E-state index in [4.69, 9.17) is 10.6 Å². The molecule has 1 aliphatic rings. The number of rotatable bonds is 8. The molecule has 0 bridgehead atoms. The molecule has 0 aromatic carbocycles. The Morgan fingerprint density at radius 2 is 2.11 bits per heavy atom. The summed E-state index contributed by atoms with van der Waals surface area (Å²) in [6, 6.07) is 0. The van der Waals surface area contributed by atoms with Crippen molar-refractivity contribution >= 4 is 5.91 Å². The maximum Gasteiger partial charge on any atom is 0.233 e. The van der Waals surface area contributed by atoms with Crippen LogP contribution in [0.15, 0.2) is 12.2 Å². The molecule has 0 heterocycles. The summed E-state index contributed by atoms with van der Waals surface area (Å²) < 4.78 is 5.72. The van der Waals surface area contributed by atoms with Crippen molar-refractivity contribution in [1.82, 2.24) is 5.43 Å². The van der Waals surface area contributed by atoms with Gasteiger partial charge in [0.05, 0.1) is 0 Å². The van der Waals surface area contributed by atoms with Crippen LogP contribution in [-0.2, 0) is 9.53 Å². The highest BCUT2D eigenvalue weighted by Gasteiger charge is 2.17. The van der Waals surface area contributed by atoms with Gasteiger partial charge < -0.3 is 4.74 Å². The van der Waals surface area contributed by atoms with E-state index in [0.29, 0.717) is 12.3 Å². The summed E-state index contributed by atoms with van der Waals surface area (Å²) in [7, 11) is 0. The molecule has 0 aliphatic heterocycles. The second-order valence-corrected chi connectivity index (χ2v) is 5.13. The minimum absolute atomic E-state index is 0.0845. The fourth-order valence-electron chi connectivity index (χ4n) is 2.21. The van der Waals surface area contributed by atoms with Crippen molar-refractivity contribution in [2.24, 2.45) is 17.7 Å². The average Bonchev–Trinajstić information content (AvgIpc) is 2.39. The predicted octanol–water partition coefficient (Wildman–Crippen LogP) is 2.16. The van der Waals surface area contributed by atoms with Crippen LogP contribution in [0.4, 0.5) is 0 Å². The van der Waals surface area contributed by atoms with E-state index in [0.717, 1.165) is 44.8 Å². The molecule has 0 aromatic heterocycles. The van der Waals surface area contributed by atoms with Gasteiger partial charge in [-0.25, -0.2) is 5.84 Å². The highest BCUT2D eigenvalue weighted by molar-refractivity contribution is 5.74. The Morgan fingerprint density at radius 3 is 2.83 bits per heavy atom. The molecular weight excluding hydrogens is 228 g/mol. The van der Waals surface area contributed by atoms with E-state index < -0.39 is 0 Å². The summed E-state index contributed by atoms with van der Waals surface area (Å²) >= 11 is 0. The lowest BCUT2D eigenvalue weighted by molar-refractivity contribution is -0.121. The van der Waals surface area contributed by atoms with Crippen LogP contribution in [0.3, 0.4) is 0 Å². The van der Waals surface area contributed by atoms with E-state index in [1.807, 2.05) is 0 Å². The van der Waals surface area contributed by atoms with Gasteiger partial charge in [0.1, 0.15) is 0 Å². The molecule has 3 N–H and O–H groups in total. The van der Waals surface area contributed by atoms with Crippen molar-refractivity contribution in [3.63, 3.8) is 0 Å². The first kappa shape index (κ1) is 15.2. The maximum atomic E-state index is 10.9. The van der Waals surface area contributed by atoms with Crippen molar-refractivity contribution in [2.45, 2.75) is 45.4 Å². The Morgan fingerprint density at radius 1 is 1.33 bits per heavy atom. The topological polar surface area (TPSA) is 64.3 Å². The van der Waals surface area contributed by atoms with Gasteiger partial charge in [0.2, 0.25) is 5.91 Å². The standard InChI is InChI=1S/C14H26N2O2/c1-12-7-4-5-8-13(12)11-18-10-6-2-3-9-14(17)16-15/h4-5,12-13H,2-3,6-11,15H2,1H3,(H,16,17). The number of carbonyl (C=O) groups excluding carboxylic acids is 1. The van der Waals surface area contributed by atoms with Crippen LogP contribution in [0, 0.1) is 11.8 Å². The second kappa shape index (κ2) is 9.11. The number of allylic oxidation sites excluding steroid dienone is 2. The van der Waals surface area contributed by atoms with Crippen LogP contribution in [-0.4, -0.2) is 19.1 Å². The van der Waals surface area contributed by atoms with E-state index in [2.05, 4.69) is 24.5 Å². The van der Waals surface area contributed by atoms with Crippen LogP contribution < -0.4 is 11.3 Å². The van der Waals surface area contributed by atoms with Gasteiger partial charge in [-0.05, 0) is 37.5 Å². The largest absolute Gasteiger partial charge is 0.381 e. The molecule has 1 amide bonds. The Balaban J connectivity index is 1.92. The van der Waals surface area contributed by atoms with Gasteiger partial charge in [-0.15, -0.1) is 0 Å². The van der Waals surface area contributed by atoms with Gasteiger partial charge in [-0.2, -0.15) is 0 Å². The Labute approximate surface area is 110 Å². The van der Waals surface area contributed by atoms with Crippen LogP contribution in [0.1, 0.15) is 45.4 Å². The van der Waals surface area contributed by atoms with E-state index >= 15 is 0 Å². The first-order valence-electron chi connectivity index (χ1n) is 6.96. The number of nitrogens with two attached hydrogens (primary N) is 1. The summed E-state index contributed by atoms with van der Waals surface area (Å²) in [5.74, 6) is 6.33. The molecule has 4 nitrogen and oxygen atoms in total. The molecule has 0 aromatic rings. The van der Waals surface area contributed by atoms with E-state index in [-0.39, 0.29) is 5.91 Å². The van der Waals surface area contributed by atoms with Gasteiger partial charge in [0.15, 0.2) is 0 Å². The van der Waals surface area contributed by atoms with Gasteiger partial charge in [-0.3, -0.25) is 10.2 Å². The summed E-state index contributed by atoms with van der Waals surface area (Å²) in [6.45, 7) is 3.97. The first-order valence-corrected chi connectivity index (χ1v) is 6.96. The maximum absolute atomic E-state index is 10.9. The normalized spacial score (nSPS) is 23.0.